The molecule has 0 radical (unpaired) electrons. The van der Waals surface area contributed by atoms with Gasteiger partial charge in [0.2, 0.25) is 0 Å². The van der Waals surface area contributed by atoms with E-state index in [1.54, 1.807) is 18.3 Å². The van der Waals surface area contributed by atoms with Gasteiger partial charge in [0, 0.05) is 20.3 Å². The minimum Gasteiger partial charge on any atom is -0.362 e. The van der Waals surface area contributed by atoms with E-state index in [1.165, 1.54) is 0 Å². The van der Waals surface area contributed by atoms with E-state index >= 15 is 0 Å². The molecular formula is C16H19N3O. The quantitative estimate of drug-likeness (QED) is 0.928. The Morgan fingerprint density at radius 3 is 2.50 bits per heavy atom. The molecule has 1 atom stereocenters. The summed E-state index contributed by atoms with van der Waals surface area (Å²) in [6, 6.07) is 13.4. The van der Waals surface area contributed by atoms with Crippen molar-refractivity contribution >= 4 is 11.7 Å². The molecule has 0 bridgehead atoms. The van der Waals surface area contributed by atoms with Gasteiger partial charge in [0.1, 0.15) is 5.82 Å². The van der Waals surface area contributed by atoms with Crippen molar-refractivity contribution in [2.24, 2.45) is 0 Å². The topological polar surface area (TPSA) is 45.2 Å². The number of nitrogens with zero attached hydrogens (tertiary/aromatic N) is 2. The summed E-state index contributed by atoms with van der Waals surface area (Å²) in [4.78, 5) is 18.5. The van der Waals surface area contributed by atoms with Crippen LogP contribution in [0.4, 0.5) is 5.82 Å². The molecular weight excluding hydrogens is 250 g/mol. The molecule has 1 aromatic heterocycles. The normalized spacial score (nSPS) is 11.8. The lowest BCUT2D eigenvalue weighted by molar-refractivity contribution is 0.0940. The number of rotatable bonds is 4. The van der Waals surface area contributed by atoms with E-state index in [0.717, 1.165) is 5.56 Å². The third-order valence-electron chi connectivity index (χ3n) is 3.10. The first kappa shape index (κ1) is 14.1. The van der Waals surface area contributed by atoms with Crippen LogP contribution < -0.4 is 10.2 Å². The van der Waals surface area contributed by atoms with E-state index in [1.807, 2.05) is 56.3 Å². The minimum absolute atomic E-state index is 0.0427. The Morgan fingerprint density at radius 2 is 1.85 bits per heavy atom. The molecule has 0 fully saturated rings. The smallest absolute Gasteiger partial charge is 0.255 e. The maximum Gasteiger partial charge on any atom is 0.255 e. The van der Waals surface area contributed by atoms with Crippen LogP contribution in [-0.2, 0) is 0 Å². The van der Waals surface area contributed by atoms with Gasteiger partial charge in [-0.3, -0.25) is 4.79 Å². The van der Waals surface area contributed by atoms with Gasteiger partial charge < -0.3 is 10.2 Å². The summed E-state index contributed by atoms with van der Waals surface area (Å²) < 4.78 is 0. The molecule has 0 aliphatic carbocycles. The van der Waals surface area contributed by atoms with Crippen molar-refractivity contribution < 1.29 is 4.79 Å². The molecule has 20 heavy (non-hydrogen) atoms. The lowest BCUT2D eigenvalue weighted by Gasteiger charge is -2.18. The van der Waals surface area contributed by atoms with Crippen molar-refractivity contribution in [3.63, 3.8) is 0 Å². The van der Waals surface area contributed by atoms with Crippen molar-refractivity contribution in [2.75, 3.05) is 19.0 Å². The van der Waals surface area contributed by atoms with Crippen LogP contribution in [0.25, 0.3) is 0 Å². The first-order valence-corrected chi connectivity index (χ1v) is 6.57. The number of pyridine rings is 1. The number of anilines is 1. The van der Waals surface area contributed by atoms with E-state index in [4.69, 9.17) is 0 Å². The Labute approximate surface area is 119 Å². The summed E-state index contributed by atoms with van der Waals surface area (Å²) in [6.07, 6.45) is 1.69. The largest absolute Gasteiger partial charge is 0.362 e. The fourth-order valence-corrected chi connectivity index (χ4v) is 2.03. The predicted molar refractivity (Wildman–Crippen MR) is 80.9 cm³/mol. The lowest BCUT2D eigenvalue weighted by Crippen LogP contribution is -2.28. The Bertz CT molecular complexity index is 581. The van der Waals surface area contributed by atoms with Crippen LogP contribution in [0.15, 0.2) is 48.7 Å². The maximum absolute atomic E-state index is 12.4. The molecule has 0 saturated carbocycles. The second-order valence-corrected chi connectivity index (χ2v) is 4.87. The minimum atomic E-state index is -0.113. The maximum atomic E-state index is 12.4. The first-order valence-electron chi connectivity index (χ1n) is 6.57. The highest BCUT2D eigenvalue weighted by molar-refractivity contribution is 5.99. The van der Waals surface area contributed by atoms with Crippen LogP contribution in [0, 0.1) is 0 Å². The molecule has 4 nitrogen and oxygen atoms in total. The molecule has 1 heterocycles. The zero-order valence-corrected chi connectivity index (χ0v) is 12.0. The second-order valence-electron chi connectivity index (χ2n) is 4.87. The zero-order chi connectivity index (χ0) is 14.5. The number of amides is 1. The van der Waals surface area contributed by atoms with Crippen LogP contribution >= 0.6 is 0 Å². The van der Waals surface area contributed by atoms with E-state index < -0.39 is 0 Å². The second kappa shape index (κ2) is 6.19. The van der Waals surface area contributed by atoms with Crippen LogP contribution in [0.3, 0.4) is 0 Å². The van der Waals surface area contributed by atoms with E-state index in [2.05, 4.69) is 10.3 Å². The molecule has 2 aromatic rings. The highest BCUT2D eigenvalue weighted by atomic mass is 16.1. The number of carbonyl (C=O) groups is 1. The Kier molecular flexibility index (Phi) is 4.35. The molecule has 104 valence electrons. The number of carbonyl (C=O) groups excluding carboxylic acids is 1. The van der Waals surface area contributed by atoms with Crippen molar-refractivity contribution in [2.45, 2.75) is 13.0 Å². The van der Waals surface area contributed by atoms with Gasteiger partial charge in [-0.15, -0.1) is 0 Å². The summed E-state index contributed by atoms with van der Waals surface area (Å²) in [5, 5.41) is 3.00. The van der Waals surface area contributed by atoms with Crippen molar-refractivity contribution in [3.05, 3.63) is 59.8 Å². The number of nitrogens with one attached hydrogen (secondary N) is 1. The van der Waals surface area contributed by atoms with E-state index in [9.17, 15) is 4.79 Å². The Morgan fingerprint density at radius 1 is 1.15 bits per heavy atom. The van der Waals surface area contributed by atoms with Crippen LogP contribution in [0.1, 0.15) is 28.9 Å². The van der Waals surface area contributed by atoms with Gasteiger partial charge in [0.05, 0.1) is 11.6 Å². The van der Waals surface area contributed by atoms with Crippen LogP contribution in [0.2, 0.25) is 0 Å². The monoisotopic (exact) mass is 269 g/mol. The molecule has 4 heteroatoms. The van der Waals surface area contributed by atoms with E-state index in [-0.39, 0.29) is 11.9 Å². The molecule has 0 spiro atoms. The molecule has 0 unspecified atom stereocenters. The summed E-state index contributed by atoms with van der Waals surface area (Å²) in [5.41, 5.74) is 1.66. The number of benzene rings is 1. The average molecular weight is 269 g/mol. The number of hydrogen-bond acceptors (Lipinski definition) is 3. The molecule has 1 amide bonds. The van der Waals surface area contributed by atoms with Gasteiger partial charge in [0.15, 0.2) is 0 Å². The lowest BCUT2D eigenvalue weighted by atomic mass is 10.1. The third-order valence-corrected chi connectivity index (χ3v) is 3.10. The first-order chi connectivity index (χ1) is 9.59. The summed E-state index contributed by atoms with van der Waals surface area (Å²) in [7, 11) is 3.75. The molecule has 2 rings (SSSR count). The van der Waals surface area contributed by atoms with Crippen molar-refractivity contribution in [1.82, 2.24) is 10.3 Å². The highest BCUT2D eigenvalue weighted by Crippen LogP contribution is 2.17. The van der Waals surface area contributed by atoms with Gasteiger partial charge in [0.25, 0.3) is 5.91 Å². The summed E-state index contributed by atoms with van der Waals surface area (Å²) >= 11 is 0. The number of aromatic nitrogens is 1. The van der Waals surface area contributed by atoms with Gasteiger partial charge in [-0.2, -0.15) is 0 Å². The van der Waals surface area contributed by atoms with Gasteiger partial charge in [-0.05, 0) is 24.6 Å². The SMILES string of the molecule is C[C@H](NC(=O)c1cccnc1N(C)C)c1ccccc1. The van der Waals surface area contributed by atoms with Crippen molar-refractivity contribution in [3.8, 4) is 0 Å². The number of hydrogen-bond donors (Lipinski definition) is 1. The third kappa shape index (κ3) is 3.15. The standard InChI is InChI=1S/C16H19N3O/c1-12(13-8-5-4-6-9-13)18-16(20)14-10-7-11-17-15(14)19(2)3/h4-12H,1-3H3,(H,18,20)/t12-/m0/s1. The Balaban J connectivity index is 2.17. The van der Waals surface area contributed by atoms with Gasteiger partial charge in [-0.25, -0.2) is 4.98 Å². The van der Waals surface area contributed by atoms with Crippen molar-refractivity contribution in [1.29, 1.82) is 0 Å². The summed E-state index contributed by atoms with van der Waals surface area (Å²) in [6.45, 7) is 1.97. The van der Waals surface area contributed by atoms with E-state index in [0.29, 0.717) is 11.4 Å². The average Bonchev–Trinajstić information content (AvgIpc) is 2.48. The fourth-order valence-electron chi connectivity index (χ4n) is 2.03. The Hall–Kier alpha value is -2.36. The highest BCUT2D eigenvalue weighted by Gasteiger charge is 2.16. The fraction of sp³-hybridized carbons (Fsp3) is 0.250. The molecule has 0 aliphatic rings. The van der Waals surface area contributed by atoms with Crippen LogP contribution in [-0.4, -0.2) is 25.0 Å². The van der Waals surface area contributed by atoms with Crippen LogP contribution in [0.5, 0.6) is 0 Å². The molecule has 1 aromatic carbocycles. The molecule has 0 aliphatic heterocycles. The molecule has 0 saturated heterocycles. The van der Waals surface area contributed by atoms with Gasteiger partial charge in [-0.1, -0.05) is 30.3 Å². The predicted octanol–water partition coefficient (Wildman–Crippen LogP) is 2.64. The summed E-state index contributed by atoms with van der Waals surface area (Å²) in [5.74, 6) is 0.559. The zero-order valence-electron chi connectivity index (χ0n) is 12.0. The molecule has 1 N–H and O–H groups in total. The van der Waals surface area contributed by atoms with Gasteiger partial charge >= 0.3 is 0 Å².